The Hall–Kier alpha value is -2.35. The quantitative estimate of drug-likeness (QED) is 0.868. The summed E-state index contributed by atoms with van der Waals surface area (Å²) in [5, 5.41) is 20.8. The number of aromatic nitrogens is 2. The lowest BCUT2D eigenvalue weighted by Gasteiger charge is -2.30. The molecule has 0 saturated carbocycles. The van der Waals surface area contributed by atoms with E-state index in [0.29, 0.717) is 0 Å². The number of phenols is 1. The van der Waals surface area contributed by atoms with Crippen LogP contribution in [0.4, 0.5) is 19.0 Å². The van der Waals surface area contributed by atoms with Gasteiger partial charge in [0.05, 0.1) is 5.56 Å². The number of halogens is 3. The van der Waals surface area contributed by atoms with Crippen LogP contribution in [0.2, 0.25) is 0 Å². The number of anilines is 1. The Bertz CT molecular complexity index is 794. The van der Waals surface area contributed by atoms with Crippen LogP contribution in [-0.2, 0) is 6.18 Å². The van der Waals surface area contributed by atoms with Gasteiger partial charge in [-0.1, -0.05) is 6.07 Å². The first kappa shape index (κ1) is 18.4. The summed E-state index contributed by atoms with van der Waals surface area (Å²) in [6.45, 7) is 3.46. The largest absolute Gasteiger partial charge is 0.507 e. The third-order valence-corrected chi connectivity index (χ3v) is 4.48. The lowest BCUT2D eigenvalue weighted by Crippen LogP contribution is -2.40. The summed E-state index contributed by atoms with van der Waals surface area (Å²) in [6.07, 6.45) is -2.76. The van der Waals surface area contributed by atoms with Gasteiger partial charge in [0.1, 0.15) is 17.3 Å². The van der Waals surface area contributed by atoms with Crippen molar-refractivity contribution in [3.63, 3.8) is 0 Å². The van der Waals surface area contributed by atoms with E-state index in [1.165, 1.54) is 12.1 Å². The number of nitrogens with zero attached hydrogens (tertiary/aromatic N) is 3. The standard InChI is InChI=1S/C18H21F3N4O/c1-11-5-6-13(15(26)8-11)17-14(18(19,20)21)9-16(23-24-17)22-12-4-3-7-25(2)10-12/h5-6,8-9,12,26H,3-4,7,10H2,1-2H3,(H,22,23)/t12-/m1/s1. The van der Waals surface area contributed by atoms with E-state index in [1.807, 2.05) is 7.05 Å². The van der Waals surface area contributed by atoms with Crippen molar-refractivity contribution in [1.29, 1.82) is 0 Å². The minimum atomic E-state index is -4.61. The highest BCUT2D eigenvalue weighted by atomic mass is 19.4. The fourth-order valence-corrected chi connectivity index (χ4v) is 3.21. The van der Waals surface area contributed by atoms with Gasteiger partial charge in [-0.05, 0) is 57.1 Å². The molecule has 1 aromatic heterocycles. The number of hydrogen-bond donors (Lipinski definition) is 2. The number of piperidine rings is 1. The average molecular weight is 366 g/mol. The Labute approximate surface area is 149 Å². The molecule has 1 atom stereocenters. The van der Waals surface area contributed by atoms with E-state index in [2.05, 4.69) is 20.4 Å². The molecular weight excluding hydrogens is 345 g/mol. The summed E-state index contributed by atoms with van der Waals surface area (Å²) >= 11 is 0. The molecule has 2 aromatic rings. The number of benzene rings is 1. The third kappa shape index (κ3) is 4.07. The topological polar surface area (TPSA) is 61.3 Å². The summed E-state index contributed by atoms with van der Waals surface area (Å²) in [5.74, 6) is -0.160. The zero-order chi connectivity index (χ0) is 18.9. The molecular formula is C18H21F3N4O. The first-order chi connectivity index (χ1) is 12.2. The number of hydrogen-bond acceptors (Lipinski definition) is 5. The molecule has 3 rings (SSSR count). The maximum atomic E-state index is 13.6. The molecule has 2 N–H and O–H groups in total. The minimum absolute atomic E-state index is 0.0133. The average Bonchev–Trinajstić information content (AvgIpc) is 2.54. The zero-order valence-electron chi connectivity index (χ0n) is 14.6. The molecule has 1 fully saturated rings. The number of nitrogens with one attached hydrogen (secondary N) is 1. The van der Waals surface area contributed by atoms with E-state index < -0.39 is 11.7 Å². The van der Waals surface area contributed by atoms with Crippen LogP contribution in [0, 0.1) is 6.92 Å². The normalized spacial score (nSPS) is 18.7. The van der Waals surface area contributed by atoms with Gasteiger partial charge in [0.25, 0.3) is 0 Å². The van der Waals surface area contributed by atoms with Gasteiger partial charge >= 0.3 is 6.18 Å². The first-order valence-corrected chi connectivity index (χ1v) is 8.44. The second-order valence-corrected chi connectivity index (χ2v) is 6.76. The van der Waals surface area contributed by atoms with Crippen molar-refractivity contribution in [3.05, 3.63) is 35.4 Å². The minimum Gasteiger partial charge on any atom is -0.507 e. The van der Waals surface area contributed by atoms with E-state index >= 15 is 0 Å². The second kappa shape index (κ2) is 7.11. The first-order valence-electron chi connectivity index (χ1n) is 8.44. The molecule has 0 bridgehead atoms. The van der Waals surface area contributed by atoms with Crippen LogP contribution in [0.15, 0.2) is 24.3 Å². The van der Waals surface area contributed by atoms with Crippen molar-refractivity contribution in [2.75, 3.05) is 25.5 Å². The fourth-order valence-electron chi connectivity index (χ4n) is 3.21. The van der Waals surface area contributed by atoms with E-state index in [1.54, 1.807) is 13.0 Å². The Morgan fingerprint density at radius 2 is 2.00 bits per heavy atom. The molecule has 1 saturated heterocycles. The Morgan fingerprint density at radius 3 is 2.65 bits per heavy atom. The van der Waals surface area contributed by atoms with E-state index in [-0.39, 0.29) is 28.9 Å². The summed E-state index contributed by atoms with van der Waals surface area (Å²) in [7, 11) is 1.98. The van der Waals surface area contributed by atoms with Gasteiger partial charge < -0.3 is 15.3 Å². The van der Waals surface area contributed by atoms with Gasteiger partial charge in [-0.3, -0.25) is 0 Å². The van der Waals surface area contributed by atoms with Crippen LogP contribution in [0.25, 0.3) is 11.3 Å². The second-order valence-electron chi connectivity index (χ2n) is 6.76. The van der Waals surface area contributed by atoms with Crippen LogP contribution in [0.1, 0.15) is 24.0 Å². The van der Waals surface area contributed by atoms with E-state index in [9.17, 15) is 18.3 Å². The number of aromatic hydroxyl groups is 1. The van der Waals surface area contributed by atoms with Crippen LogP contribution >= 0.6 is 0 Å². The zero-order valence-corrected chi connectivity index (χ0v) is 14.6. The van der Waals surface area contributed by atoms with E-state index in [4.69, 9.17) is 0 Å². The van der Waals surface area contributed by atoms with Gasteiger partial charge in [0.2, 0.25) is 0 Å². The maximum absolute atomic E-state index is 13.6. The SMILES string of the molecule is Cc1ccc(-c2nnc(N[C@@H]3CCCN(C)C3)cc2C(F)(F)F)c(O)c1. The predicted molar refractivity (Wildman–Crippen MR) is 93.0 cm³/mol. The molecule has 1 aliphatic rings. The molecule has 0 aliphatic carbocycles. The number of likely N-dealkylation sites (N-methyl/N-ethyl adjacent to an activating group) is 1. The molecule has 5 nitrogen and oxygen atoms in total. The molecule has 0 unspecified atom stereocenters. The number of rotatable bonds is 3. The monoisotopic (exact) mass is 366 g/mol. The number of likely N-dealkylation sites (tertiary alicyclic amines) is 1. The maximum Gasteiger partial charge on any atom is 0.418 e. The summed E-state index contributed by atoms with van der Waals surface area (Å²) < 4.78 is 40.7. The van der Waals surface area contributed by atoms with Gasteiger partial charge in [0, 0.05) is 18.2 Å². The van der Waals surface area contributed by atoms with Gasteiger partial charge in [-0.2, -0.15) is 13.2 Å². The van der Waals surface area contributed by atoms with Crippen molar-refractivity contribution < 1.29 is 18.3 Å². The number of alkyl halides is 3. The lowest BCUT2D eigenvalue weighted by atomic mass is 10.0. The van der Waals surface area contributed by atoms with Gasteiger partial charge in [-0.15, -0.1) is 10.2 Å². The fraction of sp³-hybridized carbons (Fsp3) is 0.444. The third-order valence-electron chi connectivity index (χ3n) is 4.48. The molecule has 0 spiro atoms. The molecule has 26 heavy (non-hydrogen) atoms. The molecule has 8 heteroatoms. The van der Waals surface area contributed by atoms with Crippen LogP contribution in [0.3, 0.4) is 0 Å². The smallest absolute Gasteiger partial charge is 0.418 e. The lowest BCUT2D eigenvalue weighted by molar-refractivity contribution is -0.137. The number of aryl methyl sites for hydroxylation is 1. The Kier molecular flexibility index (Phi) is 5.04. The molecule has 0 radical (unpaired) electrons. The van der Waals surface area contributed by atoms with Crippen molar-refractivity contribution >= 4 is 5.82 Å². The molecule has 140 valence electrons. The van der Waals surface area contributed by atoms with Crippen molar-refractivity contribution in [2.24, 2.45) is 0 Å². The highest BCUT2D eigenvalue weighted by Crippen LogP contribution is 2.39. The van der Waals surface area contributed by atoms with Crippen molar-refractivity contribution in [1.82, 2.24) is 15.1 Å². The Morgan fingerprint density at radius 1 is 1.23 bits per heavy atom. The summed E-state index contributed by atoms with van der Waals surface area (Å²) in [4.78, 5) is 2.12. The summed E-state index contributed by atoms with van der Waals surface area (Å²) in [6, 6.07) is 5.45. The van der Waals surface area contributed by atoms with E-state index in [0.717, 1.165) is 37.6 Å². The van der Waals surface area contributed by atoms with Crippen molar-refractivity contribution in [3.8, 4) is 17.0 Å². The predicted octanol–water partition coefficient (Wildman–Crippen LogP) is 3.68. The van der Waals surface area contributed by atoms with Gasteiger partial charge in [-0.25, -0.2) is 0 Å². The van der Waals surface area contributed by atoms with Crippen LogP contribution in [0.5, 0.6) is 5.75 Å². The molecule has 2 heterocycles. The van der Waals surface area contributed by atoms with Crippen LogP contribution < -0.4 is 5.32 Å². The Balaban J connectivity index is 1.96. The molecule has 1 aliphatic heterocycles. The summed E-state index contributed by atoms with van der Waals surface area (Å²) in [5.41, 5.74) is -0.536. The molecule has 1 aromatic carbocycles. The van der Waals surface area contributed by atoms with Gasteiger partial charge in [0.15, 0.2) is 0 Å². The molecule has 0 amide bonds. The number of phenolic OH excluding ortho intramolecular Hbond substituents is 1. The highest BCUT2D eigenvalue weighted by molar-refractivity contribution is 5.71. The highest BCUT2D eigenvalue weighted by Gasteiger charge is 2.36. The van der Waals surface area contributed by atoms with Crippen molar-refractivity contribution in [2.45, 2.75) is 32.0 Å². The van der Waals surface area contributed by atoms with Crippen LogP contribution in [-0.4, -0.2) is 46.4 Å².